The minimum atomic E-state index is -1.37. The van der Waals surface area contributed by atoms with Gasteiger partial charge in [0.1, 0.15) is 11.5 Å². The van der Waals surface area contributed by atoms with Crippen LogP contribution in [0.2, 0.25) is 0 Å². The normalized spacial score (nSPS) is 13.1. The van der Waals surface area contributed by atoms with Crippen molar-refractivity contribution in [2.45, 2.75) is 26.0 Å². The largest absolute Gasteiger partial charge is 0.464 e. The number of aliphatic hydroxyl groups excluding tert-OH is 1. The molecule has 0 saturated heterocycles. The standard InChI is InChI=1S/C22H23FN2O5/c1-3-30-22(29)19(14(2)26)25-21(28)18(13-16-11-7-8-12-17(16)23)24-20(27)15-9-5-4-6-10-15/h4-14,19,26H,3H2,1-2H3,(H,24,27)(H,25,28)/b18-13+/t14-,19+/m1/s1. The van der Waals surface area contributed by atoms with Crippen molar-refractivity contribution in [3.8, 4) is 0 Å². The predicted octanol–water partition coefficient (Wildman–Crippen LogP) is 2.03. The molecule has 0 unspecified atom stereocenters. The third kappa shape index (κ3) is 6.25. The van der Waals surface area contributed by atoms with Crippen molar-refractivity contribution in [3.63, 3.8) is 0 Å². The van der Waals surface area contributed by atoms with E-state index in [0.717, 1.165) is 6.08 Å². The van der Waals surface area contributed by atoms with Gasteiger partial charge in [0.2, 0.25) is 0 Å². The van der Waals surface area contributed by atoms with Crippen LogP contribution in [0.4, 0.5) is 4.39 Å². The lowest BCUT2D eigenvalue weighted by molar-refractivity contribution is -0.150. The topological polar surface area (TPSA) is 105 Å². The Morgan fingerprint density at radius 3 is 2.33 bits per heavy atom. The van der Waals surface area contributed by atoms with Crippen molar-refractivity contribution in [1.82, 2.24) is 10.6 Å². The molecule has 7 nitrogen and oxygen atoms in total. The molecule has 2 rings (SSSR count). The number of benzene rings is 2. The molecule has 3 N–H and O–H groups in total. The van der Waals surface area contributed by atoms with Gasteiger partial charge in [-0.15, -0.1) is 0 Å². The number of rotatable bonds is 8. The Bertz CT molecular complexity index is 928. The van der Waals surface area contributed by atoms with Gasteiger partial charge in [-0.3, -0.25) is 9.59 Å². The number of carbonyl (C=O) groups is 3. The van der Waals surface area contributed by atoms with Crippen LogP contribution in [0.5, 0.6) is 0 Å². The third-order valence-electron chi connectivity index (χ3n) is 4.04. The van der Waals surface area contributed by atoms with Gasteiger partial charge < -0.3 is 20.5 Å². The summed E-state index contributed by atoms with van der Waals surface area (Å²) < 4.78 is 18.9. The minimum Gasteiger partial charge on any atom is -0.464 e. The average molecular weight is 414 g/mol. The van der Waals surface area contributed by atoms with Gasteiger partial charge in [-0.05, 0) is 38.1 Å². The molecular weight excluding hydrogens is 391 g/mol. The number of nitrogens with one attached hydrogen (secondary N) is 2. The van der Waals surface area contributed by atoms with Crippen molar-refractivity contribution in [1.29, 1.82) is 0 Å². The second-order valence-electron chi connectivity index (χ2n) is 6.34. The molecule has 2 aromatic rings. The zero-order chi connectivity index (χ0) is 22.1. The Hall–Kier alpha value is -3.52. The molecule has 0 saturated carbocycles. The van der Waals surface area contributed by atoms with E-state index >= 15 is 0 Å². The van der Waals surface area contributed by atoms with Crippen LogP contribution >= 0.6 is 0 Å². The maximum atomic E-state index is 14.1. The number of halogens is 1. The van der Waals surface area contributed by atoms with Gasteiger partial charge in [0, 0.05) is 11.1 Å². The van der Waals surface area contributed by atoms with Crippen molar-refractivity contribution in [3.05, 3.63) is 77.2 Å². The van der Waals surface area contributed by atoms with Crippen LogP contribution in [0.25, 0.3) is 6.08 Å². The number of hydrogen-bond acceptors (Lipinski definition) is 5. The molecule has 0 heterocycles. The fourth-order valence-corrected chi connectivity index (χ4v) is 2.52. The van der Waals surface area contributed by atoms with E-state index in [1.807, 2.05) is 0 Å². The minimum absolute atomic E-state index is 0.0561. The van der Waals surface area contributed by atoms with Gasteiger partial charge in [-0.1, -0.05) is 36.4 Å². The Morgan fingerprint density at radius 1 is 1.10 bits per heavy atom. The van der Waals surface area contributed by atoms with Crippen LogP contribution in [0, 0.1) is 5.82 Å². The molecule has 8 heteroatoms. The number of aliphatic hydroxyl groups is 1. The van der Waals surface area contributed by atoms with Gasteiger partial charge in [-0.2, -0.15) is 0 Å². The smallest absolute Gasteiger partial charge is 0.331 e. The van der Waals surface area contributed by atoms with E-state index in [4.69, 9.17) is 4.74 Å². The molecule has 0 aromatic heterocycles. The summed E-state index contributed by atoms with van der Waals surface area (Å²) in [5.41, 5.74) is 0.0341. The maximum Gasteiger partial charge on any atom is 0.331 e. The molecule has 158 valence electrons. The molecule has 2 aromatic carbocycles. The van der Waals surface area contributed by atoms with E-state index in [1.54, 1.807) is 43.3 Å². The van der Waals surface area contributed by atoms with Crippen molar-refractivity contribution >= 4 is 23.9 Å². The quantitative estimate of drug-likeness (QED) is 0.453. The third-order valence-corrected chi connectivity index (χ3v) is 4.04. The lowest BCUT2D eigenvalue weighted by Crippen LogP contribution is -2.50. The molecule has 2 amide bonds. The zero-order valence-corrected chi connectivity index (χ0v) is 16.6. The van der Waals surface area contributed by atoms with Crippen LogP contribution in [0.15, 0.2) is 60.3 Å². The molecule has 2 atom stereocenters. The van der Waals surface area contributed by atoms with Crippen LogP contribution in [-0.2, 0) is 14.3 Å². The summed E-state index contributed by atoms with van der Waals surface area (Å²) in [7, 11) is 0. The Labute approximate surface area is 173 Å². The Morgan fingerprint density at radius 2 is 1.73 bits per heavy atom. The van der Waals surface area contributed by atoms with Crippen molar-refractivity contribution < 1.29 is 28.6 Å². The molecule has 0 fully saturated rings. The van der Waals surface area contributed by atoms with Gasteiger partial charge >= 0.3 is 5.97 Å². The first-order valence-electron chi connectivity index (χ1n) is 9.31. The van der Waals surface area contributed by atoms with E-state index in [-0.39, 0.29) is 23.4 Å². The molecule has 0 aliphatic carbocycles. The summed E-state index contributed by atoms with van der Waals surface area (Å²) in [6.45, 7) is 2.95. The fourth-order valence-electron chi connectivity index (χ4n) is 2.52. The highest BCUT2D eigenvalue weighted by atomic mass is 19.1. The summed E-state index contributed by atoms with van der Waals surface area (Å²) in [6.07, 6.45) is -0.108. The fraction of sp³-hybridized carbons (Fsp3) is 0.227. The summed E-state index contributed by atoms with van der Waals surface area (Å²) in [6, 6.07) is 12.4. The number of amides is 2. The average Bonchev–Trinajstić information content (AvgIpc) is 2.73. The van der Waals surface area contributed by atoms with E-state index in [1.165, 1.54) is 25.1 Å². The lowest BCUT2D eigenvalue weighted by atomic mass is 10.1. The molecule has 0 spiro atoms. The number of ether oxygens (including phenoxy) is 1. The first kappa shape index (κ1) is 22.8. The van der Waals surface area contributed by atoms with E-state index < -0.39 is 35.7 Å². The molecule has 0 bridgehead atoms. The van der Waals surface area contributed by atoms with E-state index in [0.29, 0.717) is 0 Å². The van der Waals surface area contributed by atoms with Gasteiger partial charge in [0.05, 0.1) is 12.7 Å². The summed E-state index contributed by atoms with van der Waals surface area (Å²) in [4.78, 5) is 37.4. The Balaban J connectivity index is 2.34. The lowest BCUT2D eigenvalue weighted by Gasteiger charge is -2.20. The highest BCUT2D eigenvalue weighted by Crippen LogP contribution is 2.12. The van der Waals surface area contributed by atoms with E-state index in [9.17, 15) is 23.9 Å². The highest BCUT2D eigenvalue weighted by Gasteiger charge is 2.28. The monoisotopic (exact) mass is 414 g/mol. The molecule has 0 radical (unpaired) electrons. The van der Waals surface area contributed by atoms with E-state index in [2.05, 4.69) is 10.6 Å². The molecule has 30 heavy (non-hydrogen) atoms. The van der Waals surface area contributed by atoms with Gasteiger partial charge in [0.25, 0.3) is 11.8 Å². The second kappa shape index (κ2) is 10.9. The first-order chi connectivity index (χ1) is 14.3. The van der Waals surface area contributed by atoms with Crippen LogP contribution in [-0.4, -0.2) is 41.6 Å². The predicted molar refractivity (Wildman–Crippen MR) is 109 cm³/mol. The number of hydrogen-bond donors (Lipinski definition) is 3. The number of carbonyl (C=O) groups excluding carboxylic acids is 3. The second-order valence-corrected chi connectivity index (χ2v) is 6.34. The van der Waals surface area contributed by atoms with Crippen LogP contribution in [0.3, 0.4) is 0 Å². The SMILES string of the molecule is CCOC(=O)[C@@H](NC(=O)/C(=C\c1ccccc1F)NC(=O)c1ccccc1)[C@@H](C)O. The first-order valence-corrected chi connectivity index (χ1v) is 9.31. The van der Waals surface area contributed by atoms with Crippen molar-refractivity contribution in [2.75, 3.05) is 6.61 Å². The maximum absolute atomic E-state index is 14.1. The van der Waals surface area contributed by atoms with Gasteiger partial charge in [0.15, 0.2) is 6.04 Å². The number of esters is 1. The molecule has 0 aliphatic rings. The Kier molecular flexibility index (Phi) is 8.25. The molecular formula is C22H23FN2O5. The summed E-state index contributed by atoms with van der Waals surface area (Å²) in [5, 5.41) is 14.6. The summed E-state index contributed by atoms with van der Waals surface area (Å²) >= 11 is 0. The van der Waals surface area contributed by atoms with Crippen LogP contribution in [0.1, 0.15) is 29.8 Å². The van der Waals surface area contributed by atoms with Gasteiger partial charge in [-0.25, -0.2) is 9.18 Å². The van der Waals surface area contributed by atoms with Crippen LogP contribution < -0.4 is 10.6 Å². The highest BCUT2D eigenvalue weighted by molar-refractivity contribution is 6.06. The van der Waals surface area contributed by atoms with Crippen molar-refractivity contribution in [2.24, 2.45) is 0 Å². The summed E-state index contributed by atoms with van der Waals surface area (Å²) in [5.74, 6) is -2.92. The molecule has 0 aliphatic heterocycles. The zero-order valence-electron chi connectivity index (χ0n) is 16.6.